The highest BCUT2D eigenvalue weighted by Crippen LogP contribution is 2.12. The van der Waals surface area contributed by atoms with E-state index in [4.69, 9.17) is 0 Å². The Hall–Kier alpha value is -2.89. The second-order valence-electron chi connectivity index (χ2n) is 6.21. The number of carbonyl (C=O) groups is 2. The van der Waals surface area contributed by atoms with E-state index in [0.717, 1.165) is 12.1 Å². The number of hydrogen-bond acceptors (Lipinski definition) is 4. The third-order valence-corrected chi connectivity index (χ3v) is 4.31. The molecule has 3 rings (SSSR count). The van der Waals surface area contributed by atoms with Gasteiger partial charge in [-0.2, -0.15) is 0 Å². The Bertz CT molecular complexity index is 737. The van der Waals surface area contributed by atoms with Crippen LogP contribution in [0, 0.1) is 6.92 Å². The zero-order valence-electron chi connectivity index (χ0n) is 14.3. The lowest BCUT2D eigenvalue weighted by Crippen LogP contribution is -2.48. The van der Waals surface area contributed by atoms with E-state index in [9.17, 15) is 9.59 Å². The highest BCUT2D eigenvalue weighted by molar-refractivity contribution is 5.92. The molecule has 1 saturated heterocycles. The Labute approximate surface area is 147 Å². The van der Waals surface area contributed by atoms with Gasteiger partial charge in [-0.15, -0.1) is 0 Å². The Kier molecular flexibility index (Phi) is 5.28. The van der Waals surface area contributed by atoms with Gasteiger partial charge in [-0.1, -0.05) is 29.8 Å². The van der Waals surface area contributed by atoms with Crippen LogP contribution in [0.5, 0.6) is 0 Å². The molecule has 0 aliphatic carbocycles. The Morgan fingerprint density at radius 3 is 2.64 bits per heavy atom. The summed E-state index contributed by atoms with van der Waals surface area (Å²) in [5.41, 5.74) is 3.74. The summed E-state index contributed by atoms with van der Waals surface area (Å²) >= 11 is 0. The first kappa shape index (κ1) is 17.0. The standard InChI is InChI=1S/C19H22N4O2/c1-15-3-2-4-16(11-15)12-20-17-5-6-18(21-13-17)19(25)23-9-7-22(14-24)8-10-23/h2-6,11,13-14,20H,7-10,12H2,1H3. The molecule has 25 heavy (non-hydrogen) atoms. The SMILES string of the molecule is Cc1cccc(CNc2ccc(C(=O)N3CCN(C=O)CC3)nc2)c1. The minimum absolute atomic E-state index is 0.0872. The molecule has 0 spiro atoms. The van der Waals surface area contributed by atoms with Crippen molar-refractivity contribution < 1.29 is 9.59 Å². The van der Waals surface area contributed by atoms with Gasteiger partial charge in [0.15, 0.2) is 0 Å². The van der Waals surface area contributed by atoms with Crippen LogP contribution >= 0.6 is 0 Å². The van der Waals surface area contributed by atoms with Crippen molar-refractivity contribution >= 4 is 18.0 Å². The summed E-state index contributed by atoms with van der Waals surface area (Å²) < 4.78 is 0. The zero-order chi connectivity index (χ0) is 17.6. The quantitative estimate of drug-likeness (QED) is 0.846. The van der Waals surface area contributed by atoms with Crippen LogP contribution in [0.25, 0.3) is 0 Å². The molecule has 2 aromatic rings. The summed E-state index contributed by atoms with van der Waals surface area (Å²) in [7, 11) is 0. The molecular weight excluding hydrogens is 316 g/mol. The van der Waals surface area contributed by atoms with Crippen LogP contribution in [0.4, 0.5) is 5.69 Å². The van der Waals surface area contributed by atoms with Gasteiger partial charge in [0.1, 0.15) is 5.69 Å². The van der Waals surface area contributed by atoms with Gasteiger partial charge in [0.2, 0.25) is 6.41 Å². The number of hydrogen-bond donors (Lipinski definition) is 1. The molecule has 2 heterocycles. The lowest BCUT2D eigenvalue weighted by molar-refractivity contribution is -0.119. The van der Waals surface area contributed by atoms with Gasteiger partial charge in [0.05, 0.1) is 11.9 Å². The molecule has 1 aromatic carbocycles. The smallest absolute Gasteiger partial charge is 0.272 e. The minimum Gasteiger partial charge on any atom is -0.380 e. The van der Waals surface area contributed by atoms with E-state index in [0.29, 0.717) is 38.4 Å². The first-order valence-electron chi connectivity index (χ1n) is 8.40. The van der Waals surface area contributed by atoms with Crippen molar-refractivity contribution in [2.24, 2.45) is 0 Å². The lowest BCUT2D eigenvalue weighted by atomic mass is 10.1. The Morgan fingerprint density at radius 1 is 1.20 bits per heavy atom. The van der Waals surface area contributed by atoms with Crippen LogP contribution in [-0.4, -0.2) is 53.3 Å². The average Bonchev–Trinajstić information content (AvgIpc) is 2.66. The molecule has 130 valence electrons. The largest absolute Gasteiger partial charge is 0.380 e. The first-order chi connectivity index (χ1) is 12.2. The molecule has 1 aromatic heterocycles. The van der Waals surface area contributed by atoms with E-state index in [-0.39, 0.29) is 5.91 Å². The summed E-state index contributed by atoms with van der Waals surface area (Å²) in [6.07, 6.45) is 2.51. The van der Waals surface area contributed by atoms with Crippen molar-refractivity contribution in [2.45, 2.75) is 13.5 Å². The molecule has 1 aliphatic heterocycles. The second kappa shape index (κ2) is 7.79. The molecule has 6 nitrogen and oxygen atoms in total. The number of aryl methyl sites for hydroxylation is 1. The van der Waals surface area contributed by atoms with Crippen LogP contribution in [0.2, 0.25) is 0 Å². The first-order valence-corrected chi connectivity index (χ1v) is 8.40. The van der Waals surface area contributed by atoms with Gasteiger partial charge in [-0.25, -0.2) is 4.98 Å². The number of benzene rings is 1. The van der Waals surface area contributed by atoms with Crippen LogP contribution in [0.3, 0.4) is 0 Å². The molecule has 1 N–H and O–H groups in total. The van der Waals surface area contributed by atoms with Gasteiger partial charge < -0.3 is 15.1 Å². The normalized spacial score (nSPS) is 14.3. The molecule has 0 radical (unpaired) electrons. The maximum atomic E-state index is 12.5. The minimum atomic E-state index is -0.0872. The van der Waals surface area contributed by atoms with E-state index < -0.39 is 0 Å². The highest BCUT2D eigenvalue weighted by atomic mass is 16.2. The monoisotopic (exact) mass is 338 g/mol. The molecule has 1 fully saturated rings. The van der Waals surface area contributed by atoms with E-state index in [1.165, 1.54) is 11.1 Å². The number of anilines is 1. The molecule has 0 unspecified atom stereocenters. The summed E-state index contributed by atoms with van der Waals surface area (Å²) in [4.78, 5) is 30.9. The van der Waals surface area contributed by atoms with Crippen molar-refractivity contribution in [2.75, 3.05) is 31.5 Å². The summed E-state index contributed by atoms with van der Waals surface area (Å²) in [5.74, 6) is -0.0872. The summed E-state index contributed by atoms with van der Waals surface area (Å²) in [6.45, 7) is 5.03. The van der Waals surface area contributed by atoms with Crippen LogP contribution < -0.4 is 5.32 Å². The van der Waals surface area contributed by atoms with E-state index in [1.807, 2.05) is 12.1 Å². The molecule has 2 amide bonds. The third kappa shape index (κ3) is 4.35. The predicted octanol–water partition coefficient (Wildman–Crippen LogP) is 1.92. The molecule has 6 heteroatoms. The van der Waals surface area contributed by atoms with Gasteiger partial charge in [-0.3, -0.25) is 9.59 Å². The molecule has 0 saturated carbocycles. The third-order valence-electron chi connectivity index (χ3n) is 4.31. The van der Waals surface area contributed by atoms with E-state index >= 15 is 0 Å². The van der Waals surface area contributed by atoms with Crippen molar-refractivity contribution in [1.29, 1.82) is 0 Å². The molecule has 0 atom stereocenters. The highest BCUT2D eigenvalue weighted by Gasteiger charge is 2.21. The van der Waals surface area contributed by atoms with Gasteiger partial charge in [0.25, 0.3) is 5.91 Å². The van der Waals surface area contributed by atoms with E-state index in [1.54, 1.807) is 22.1 Å². The average molecular weight is 338 g/mol. The van der Waals surface area contributed by atoms with Crippen LogP contribution in [0.15, 0.2) is 42.6 Å². The lowest BCUT2D eigenvalue weighted by Gasteiger charge is -2.32. The van der Waals surface area contributed by atoms with Gasteiger partial charge in [-0.05, 0) is 24.6 Å². The van der Waals surface area contributed by atoms with E-state index in [2.05, 4.69) is 35.4 Å². The zero-order valence-corrected chi connectivity index (χ0v) is 14.3. The fourth-order valence-electron chi connectivity index (χ4n) is 2.84. The van der Waals surface area contributed by atoms with Crippen LogP contribution in [-0.2, 0) is 11.3 Å². The van der Waals surface area contributed by atoms with Gasteiger partial charge >= 0.3 is 0 Å². The Morgan fingerprint density at radius 2 is 2.00 bits per heavy atom. The number of nitrogens with zero attached hydrogens (tertiary/aromatic N) is 3. The van der Waals surface area contributed by atoms with Gasteiger partial charge in [0, 0.05) is 32.7 Å². The van der Waals surface area contributed by atoms with Crippen molar-refractivity contribution in [3.8, 4) is 0 Å². The van der Waals surface area contributed by atoms with Crippen LogP contribution in [0.1, 0.15) is 21.6 Å². The number of nitrogens with one attached hydrogen (secondary N) is 1. The maximum absolute atomic E-state index is 12.5. The van der Waals surface area contributed by atoms with Crippen molar-refractivity contribution in [3.63, 3.8) is 0 Å². The number of piperazine rings is 1. The van der Waals surface area contributed by atoms with Crippen molar-refractivity contribution in [1.82, 2.24) is 14.8 Å². The topological polar surface area (TPSA) is 65.5 Å². The fraction of sp³-hybridized carbons (Fsp3) is 0.316. The van der Waals surface area contributed by atoms with Crippen molar-refractivity contribution in [3.05, 3.63) is 59.4 Å². The maximum Gasteiger partial charge on any atom is 0.272 e. The number of rotatable bonds is 5. The molecular formula is C19H22N4O2. The number of amides is 2. The number of pyridine rings is 1. The second-order valence-corrected chi connectivity index (χ2v) is 6.21. The molecule has 1 aliphatic rings. The summed E-state index contributed by atoms with van der Waals surface area (Å²) in [6, 6.07) is 11.9. The molecule has 0 bridgehead atoms. The number of aromatic nitrogens is 1. The predicted molar refractivity (Wildman–Crippen MR) is 96.3 cm³/mol. The summed E-state index contributed by atoms with van der Waals surface area (Å²) in [5, 5.41) is 3.31. The number of carbonyl (C=O) groups excluding carboxylic acids is 2. The Balaban J connectivity index is 1.56. The fourth-order valence-corrected chi connectivity index (χ4v) is 2.84.